The Bertz CT molecular complexity index is 526. The molecule has 0 saturated heterocycles. The van der Waals surface area contributed by atoms with Crippen LogP contribution >= 0.6 is 11.8 Å². The number of pyridine rings is 1. The average molecular weight is 226 g/mol. The van der Waals surface area contributed by atoms with Crippen molar-refractivity contribution >= 4 is 11.8 Å². The van der Waals surface area contributed by atoms with E-state index in [0.29, 0.717) is 5.56 Å². The normalized spacial score (nSPS) is 9.75. The van der Waals surface area contributed by atoms with Gasteiger partial charge in [0.15, 0.2) is 0 Å². The van der Waals surface area contributed by atoms with Crippen molar-refractivity contribution < 1.29 is 0 Å². The molecular formula is C13H10N2S. The highest BCUT2D eigenvalue weighted by atomic mass is 32.2. The molecule has 0 fully saturated rings. The van der Waals surface area contributed by atoms with E-state index in [4.69, 9.17) is 5.26 Å². The summed E-state index contributed by atoms with van der Waals surface area (Å²) in [5.41, 5.74) is 1.85. The highest BCUT2D eigenvalue weighted by molar-refractivity contribution is 7.99. The number of rotatable bonds is 2. The van der Waals surface area contributed by atoms with Gasteiger partial charge in [0, 0.05) is 11.1 Å². The number of aryl methyl sites for hydroxylation is 1. The van der Waals surface area contributed by atoms with E-state index in [9.17, 15) is 0 Å². The molecule has 78 valence electrons. The minimum absolute atomic E-state index is 0.619. The van der Waals surface area contributed by atoms with Gasteiger partial charge in [-0.05, 0) is 31.2 Å². The predicted molar refractivity (Wildman–Crippen MR) is 64.3 cm³/mol. The van der Waals surface area contributed by atoms with Gasteiger partial charge in [0.2, 0.25) is 0 Å². The Kier molecular flexibility index (Phi) is 3.23. The first-order chi connectivity index (χ1) is 7.79. The Morgan fingerprint density at radius 3 is 2.62 bits per heavy atom. The molecule has 0 spiro atoms. The number of hydrogen-bond donors (Lipinski definition) is 0. The summed E-state index contributed by atoms with van der Waals surface area (Å²) >= 11 is 1.51. The van der Waals surface area contributed by atoms with E-state index in [1.54, 1.807) is 18.3 Å². The highest BCUT2D eigenvalue weighted by Gasteiger charge is 2.04. The van der Waals surface area contributed by atoms with Crippen LogP contribution in [0.2, 0.25) is 0 Å². The number of hydrogen-bond acceptors (Lipinski definition) is 3. The molecule has 0 saturated carbocycles. The first kappa shape index (κ1) is 10.7. The molecule has 0 unspecified atom stereocenters. The van der Waals surface area contributed by atoms with Gasteiger partial charge in [0.1, 0.15) is 11.1 Å². The average Bonchev–Trinajstić information content (AvgIpc) is 2.33. The van der Waals surface area contributed by atoms with Crippen LogP contribution in [0.4, 0.5) is 0 Å². The van der Waals surface area contributed by atoms with Gasteiger partial charge in [-0.15, -0.1) is 0 Å². The van der Waals surface area contributed by atoms with Crippen LogP contribution in [0, 0.1) is 18.3 Å². The second-order valence-corrected chi connectivity index (χ2v) is 4.45. The van der Waals surface area contributed by atoms with Crippen LogP contribution in [0.5, 0.6) is 0 Å². The molecule has 2 aromatic rings. The van der Waals surface area contributed by atoms with Crippen LogP contribution in [0.3, 0.4) is 0 Å². The highest BCUT2D eigenvalue weighted by Crippen LogP contribution is 2.28. The lowest BCUT2D eigenvalue weighted by atomic mass is 10.2. The number of benzene rings is 1. The van der Waals surface area contributed by atoms with Crippen LogP contribution in [0.15, 0.2) is 52.5 Å². The van der Waals surface area contributed by atoms with Crippen molar-refractivity contribution in [1.82, 2.24) is 4.98 Å². The summed E-state index contributed by atoms with van der Waals surface area (Å²) in [5.74, 6) is 0. The van der Waals surface area contributed by atoms with Crippen LogP contribution in [0.25, 0.3) is 0 Å². The monoisotopic (exact) mass is 226 g/mol. The SMILES string of the molecule is Cc1ccc(Sc2ncccc2C#N)cc1. The fourth-order valence-corrected chi connectivity index (χ4v) is 2.11. The minimum Gasteiger partial charge on any atom is -0.248 e. The fourth-order valence-electron chi connectivity index (χ4n) is 1.28. The molecule has 1 heterocycles. The lowest BCUT2D eigenvalue weighted by Crippen LogP contribution is -1.85. The molecule has 1 aromatic carbocycles. The van der Waals surface area contributed by atoms with E-state index in [-0.39, 0.29) is 0 Å². The lowest BCUT2D eigenvalue weighted by Gasteiger charge is -2.02. The van der Waals surface area contributed by atoms with Gasteiger partial charge in [0.05, 0.1) is 5.56 Å². The summed E-state index contributed by atoms with van der Waals surface area (Å²) < 4.78 is 0. The largest absolute Gasteiger partial charge is 0.248 e. The summed E-state index contributed by atoms with van der Waals surface area (Å²) in [6, 6.07) is 13.9. The molecule has 0 aliphatic carbocycles. The van der Waals surface area contributed by atoms with Gasteiger partial charge in [-0.3, -0.25) is 0 Å². The maximum atomic E-state index is 8.94. The Hall–Kier alpha value is -1.79. The van der Waals surface area contributed by atoms with Crippen molar-refractivity contribution in [2.45, 2.75) is 16.8 Å². The van der Waals surface area contributed by atoms with Gasteiger partial charge in [0.25, 0.3) is 0 Å². The molecule has 3 heteroatoms. The standard InChI is InChI=1S/C13H10N2S/c1-10-4-6-12(7-5-10)16-13-11(9-14)3-2-8-15-13/h2-8H,1H3. The van der Waals surface area contributed by atoms with Crippen molar-refractivity contribution in [3.8, 4) is 6.07 Å². The second-order valence-electron chi connectivity index (χ2n) is 3.38. The van der Waals surface area contributed by atoms with Gasteiger partial charge in [-0.2, -0.15) is 5.26 Å². The third-order valence-electron chi connectivity index (χ3n) is 2.13. The molecule has 0 bridgehead atoms. The molecule has 2 rings (SSSR count). The van der Waals surface area contributed by atoms with E-state index in [2.05, 4.69) is 30.1 Å². The summed E-state index contributed by atoms with van der Waals surface area (Å²) in [6.07, 6.45) is 1.71. The predicted octanol–water partition coefficient (Wildman–Crippen LogP) is 3.41. The molecule has 0 amide bonds. The van der Waals surface area contributed by atoms with Crippen LogP contribution < -0.4 is 0 Å². The molecule has 0 aliphatic rings. The molecular weight excluding hydrogens is 216 g/mol. The zero-order valence-corrected chi connectivity index (χ0v) is 9.66. The first-order valence-electron chi connectivity index (χ1n) is 4.89. The number of aromatic nitrogens is 1. The van der Waals surface area contributed by atoms with Crippen LogP contribution in [0.1, 0.15) is 11.1 Å². The molecule has 2 nitrogen and oxygen atoms in total. The Labute approximate surface area is 99.0 Å². The van der Waals surface area contributed by atoms with Crippen molar-refractivity contribution in [1.29, 1.82) is 5.26 Å². The van der Waals surface area contributed by atoms with E-state index >= 15 is 0 Å². The van der Waals surface area contributed by atoms with E-state index < -0.39 is 0 Å². The molecule has 0 N–H and O–H groups in total. The minimum atomic E-state index is 0.619. The maximum Gasteiger partial charge on any atom is 0.119 e. The first-order valence-corrected chi connectivity index (χ1v) is 5.71. The Morgan fingerprint density at radius 1 is 1.19 bits per heavy atom. The summed E-state index contributed by atoms with van der Waals surface area (Å²) in [7, 11) is 0. The third-order valence-corrected chi connectivity index (χ3v) is 3.15. The maximum absolute atomic E-state index is 8.94. The van der Waals surface area contributed by atoms with Gasteiger partial charge >= 0.3 is 0 Å². The number of nitriles is 1. The van der Waals surface area contributed by atoms with E-state index in [1.807, 2.05) is 12.1 Å². The Morgan fingerprint density at radius 2 is 1.94 bits per heavy atom. The third kappa shape index (κ3) is 2.41. The van der Waals surface area contributed by atoms with Gasteiger partial charge < -0.3 is 0 Å². The van der Waals surface area contributed by atoms with Gasteiger partial charge in [-0.1, -0.05) is 29.5 Å². The molecule has 16 heavy (non-hydrogen) atoms. The van der Waals surface area contributed by atoms with Crippen LogP contribution in [-0.4, -0.2) is 4.98 Å². The topological polar surface area (TPSA) is 36.7 Å². The second kappa shape index (κ2) is 4.82. The smallest absolute Gasteiger partial charge is 0.119 e. The Balaban J connectivity index is 2.27. The van der Waals surface area contributed by atoms with Crippen molar-refractivity contribution in [2.75, 3.05) is 0 Å². The lowest BCUT2D eigenvalue weighted by molar-refractivity contribution is 1.11. The van der Waals surface area contributed by atoms with E-state index in [0.717, 1.165) is 9.92 Å². The van der Waals surface area contributed by atoms with Crippen molar-refractivity contribution in [2.24, 2.45) is 0 Å². The summed E-state index contributed by atoms with van der Waals surface area (Å²) in [5, 5.41) is 9.70. The molecule has 0 atom stereocenters. The summed E-state index contributed by atoms with van der Waals surface area (Å²) in [6.45, 7) is 2.05. The van der Waals surface area contributed by atoms with Crippen molar-refractivity contribution in [3.63, 3.8) is 0 Å². The van der Waals surface area contributed by atoms with Crippen molar-refractivity contribution in [3.05, 3.63) is 53.7 Å². The molecule has 0 radical (unpaired) electrons. The quantitative estimate of drug-likeness (QED) is 0.787. The van der Waals surface area contributed by atoms with E-state index in [1.165, 1.54) is 17.3 Å². The molecule has 0 aliphatic heterocycles. The summed E-state index contributed by atoms with van der Waals surface area (Å²) in [4.78, 5) is 5.31. The van der Waals surface area contributed by atoms with Gasteiger partial charge in [-0.25, -0.2) is 4.98 Å². The number of nitrogens with zero attached hydrogens (tertiary/aromatic N) is 2. The van der Waals surface area contributed by atoms with Crippen LogP contribution in [-0.2, 0) is 0 Å². The zero-order chi connectivity index (χ0) is 11.4. The zero-order valence-electron chi connectivity index (χ0n) is 8.84. The molecule has 1 aromatic heterocycles. The fraction of sp³-hybridized carbons (Fsp3) is 0.0769.